The first-order valence-electron chi connectivity index (χ1n) is 9.71. The van der Waals surface area contributed by atoms with E-state index in [0.717, 1.165) is 18.7 Å². The molecule has 1 unspecified atom stereocenters. The number of nitrogens with zero attached hydrogens (tertiary/aromatic N) is 2. The highest BCUT2D eigenvalue weighted by atomic mass is 16.5. The number of piperidine rings is 1. The van der Waals surface area contributed by atoms with E-state index in [4.69, 9.17) is 4.74 Å². The molecule has 2 aliphatic heterocycles. The number of hydrogen-bond acceptors (Lipinski definition) is 4. The quantitative estimate of drug-likeness (QED) is 0.758. The molecule has 3 rings (SSSR count). The van der Waals surface area contributed by atoms with E-state index in [1.165, 1.54) is 32.4 Å². The average Bonchev–Trinajstić information content (AvgIpc) is 2.66. The lowest BCUT2D eigenvalue weighted by Crippen LogP contribution is -2.45. The number of carbonyl (C=O) groups excluding carboxylic acids is 2. The van der Waals surface area contributed by atoms with E-state index in [1.54, 1.807) is 11.8 Å². The van der Waals surface area contributed by atoms with Crippen molar-refractivity contribution in [3.8, 4) is 5.75 Å². The fourth-order valence-corrected chi connectivity index (χ4v) is 3.60. The van der Waals surface area contributed by atoms with Crippen molar-refractivity contribution in [3.63, 3.8) is 0 Å². The number of para-hydroxylation sites is 2. The summed E-state index contributed by atoms with van der Waals surface area (Å²) in [5.41, 5.74) is 0.744. The van der Waals surface area contributed by atoms with Crippen molar-refractivity contribution < 1.29 is 14.3 Å². The van der Waals surface area contributed by atoms with Gasteiger partial charge >= 0.3 is 0 Å². The number of nitrogens with one attached hydrogen (secondary N) is 1. The van der Waals surface area contributed by atoms with Crippen LogP contribution in [0.4, 0.5) is 5.69 Å². The van der Waals surface area contributed by atoms with Gasteiger partial charge in [0.2, 0.25) is 5.91 Å². The Morgan fingerprint density at radius 1 is 1.19 bits per heavy atom. The van der Waals surface area contributed by atoms with E-state index in [2.05, 4.69) is 10.2 Å². The number of benzene rings is 1. The summed E-state index contributed by atoms with van der Waals surface area (Å²) in [6.45, 7) is 6.23. The summed E-state index contributed by atoms with van der Waals surface area (Å²) in [6.07, 6.45) is 4.69. The maximum Gasteiger partial charge on any atom is 0.267 e. The maximum absolute atomic E-state index is 12.4. The molecule has 0 aliphatic carbocycles. The first-order valence-corrected chi connectivity index (χ1v) is 9.71. The van der Waals surface area contributed by atoms with Crippen LogP contribution in [0.2, 0.25) is 0 Å². The lowest BCUT2D eigenvalue weighted by Gasteiger charge is -2.32. The Morgan fingerprint density at radius 3 is 2.77 bits per heavy atom. The fraction of sp³-hybridized carbons (Fsp3) is 0.600. The molecular weight excluding hydrogens is 330 g/mol. The highest BCUT2D eigenvalue weighted by Gasteiger charge is 2.31. The Balaban J connectivity index is 1.41. The zero-order valence-corrected chi connectivity index (χ0v) is 15.6. The molecule has 0 saturated carbocycles. The zero-order chi connectivity index (χ0) is 18.4. The number of anilines is 1. The zero-order valence-electron chi connectivity index (χ0n) is 15.6. The SMILES string of the molecule is CC1Oc2ccccc2N(CCC(=O)NCCCN2CCCCC2)C1=O. The van der Waals surface area contributed by atoms with Gasteiger partial charge in [-0.1, -0.05) is 18.6 Å². The normalized spacial score (nSPS) is 20.4. The van der Waals surface area contributed by atoms with E-state index in [9.17, 15) is 9.59 Å². The molecule has 0 spiro atoms. The first-order chi connectivity index (χ1) is 12.6. The van der Waals surface area contributed by atoms with Gasteiger partial charge in [-0.3, -0.25) is 9.59 Å². The molecule has 1 aromatic carbocycles. The van der Waals surface area contributed by atoms with E-state index < -0.39 is 6.10 Å². The Kier molecular flexibility index (Phi) is 6.50. The minimum atomic E-state index is -0.516. The molecule has 26 heavy (non-hydrogen) atoms. The van der Waals surface area contributed by atoms with Crippen LogP contribution in [0.3, 0.4) is 0 Å². The predicted octanol–water partition coefficient (Wildman–Crippen LogP) is 2.18. The monoisotopic (exact) mass is 359 g/mol. The van der Waals surface area contributed by atoms with Crippen LogP contribution >= 0.6 is 0 Å². The number of fused-ring (bicyclic) bond motifs is 1. The van der Waals surface area contributed by atoms with Gasteiger partial charge in [0, 0.05) is 19.5 Å². The second-order valence-corrected chi connectivity index (χ2v) is 7.07. The van der Waals surface area contributed by atoms with Gasteiger partial charge in [0.25, 0.3) is 5.91 Å². The van der Waals surface area contributed by atoms with Gasteiger partial charge in [-0.15, -0.1) is 0 Å². The summed E-state index contributed by atoms with van der Waals surface area (Å²) in [6, 6.07) is 7.47. The third kappa shape index (κ3) is 4.75. The summed E-state index contributed by atoms with van der Waals surface area (Å²) >= 11 is 0. The van der Waals surface area contributed by atoms with Gasteiger partial charge < -0.3 is 19.9 Å². The minimum Gasteiger partial charge on any atom is -0.479 e. The number of amides is 2. The summed E-state index contributed by atoms with van der Waals surface area (Å²) in [4.78, 5) is 28.7. The second kappa shape index (κ2) is 9.03. The van der Waals surface area contributed by atoms with Gasteiger partial charge in [-0.2, -0.15) is 0 Å². The molecule has 1 N–H and O–H groups in total. The molecule has 0 aromatic heterocycles. The molecule has 1 saturated heterocycles. The standard InChI is InChI=1S/C20H29N3O3/c1-16-20(25)23(17-8-3-4-9-18(17)26-16)15-10-19(24)21-11-7-14-22-12-5-2-6-13-22/h3-4,8-9,16H,2,5-7,10-15H2,1H3,(H,21,24). The van der Waals surface area contributed by atoms with Gasteiger partial charge in [0.1, 0.15) is 5.75 Å². The number of hydrogen-bond donors (Lipinski definition) is 1. The number of carbonyl (C=O) groups is 2. The van der Waals surface area contributed by atoms with Crippen LogP contribution in [-0.2, 0) is 9.59 Å². The van der Waals surface area contributed by atoms with Gasteiger partial charge in [-0.05, 0) is 58.0 Å². The highest BCUT2D eigenvalue weighted by molar-refractivity contribution is 6.00. The van der Waals surface area contributed by atoms with Crippen LogP contribution in [-0.4, -0.2) is 55.5 Å². The van der Waals surface area contributed by atoms with E-state index >= 15 is 0 Å². The lowest BCUT2D eigenvalue weighted by atomic mass is 10.1. The molecular formula is C20H29N3O3. The second-order valence-electron chi connectivity index (χ2n) is 7.07. The van der Waals surface area contributed by atoms with Crippen molar-refractivity contribution in [1.29, 1.82) is 0 Å². The van der Waals surface area contributed by atoms with Crippen molar-refractivity contribution in [2.24, 2.45) is 0 Å². The Labute approximate surface area is 155 Å². The van der Waals surface area contributed by atoms with Gasteiger partial charge in [0.15, 0.2) is 6.10 Å². The van der Waals surface area contributed by atoms with Crippen molar-refractivity contribution in [3.05, 3.63) is 24.3 Å². The van der Waals surface area contributed by atoms with Crippen molar-refractivity contribution in [2.75, 3.05) is 37.6 Å². The molecule has 2 amide bonds. The molecule has 1 fully saturated rings. The maximum atomic E-state index is 12.4. The molecule has 142 valence electrons. The number of rotatable bonds is 7. The molecule has 1 atom stereocenters. The molecule has 0 bridgehead atoms. The first kappa shape index (κ1) is 18.7. The molecule has 6 heteroatoms. The molecule has 6 nitrogen and oxygen atoms in total. The van der Waals surface area contributed by atoms with Crippen molar-refractivity contribution in [1.82, 2.24) is 10.2 Å². The predicted molar refractivity (Wildman–Crippen MR) is 101 cm³/mol. The van der Waals surface area contributed by atoms with Crippen LogP contribution in [0.25, 0.3) is 0 Å². The third-order valence-electron chi connectivity index (χ3n) is 5.06. The van der Waals surface area contributed by atoms with Crippen LogP contribution in [0.15, 0.2) is 24.3 Å². The van der Waals surface area contributed by atoms with Crippen LogP contribution in [0, 0.1) is 0 Å². The van der Waals surface area contributed by atoms with Gasteiger partial charge in [0.05, 0.1) is 5.69 Å². The third-order valence-corrected chi connectivity index (χ3v) is 5.06. The number of ether oxygens (including phenoxy) is 1. The summed E-state index contributed by atoms with van der Waals surface area (Å²) in [7, 11) is 0. The summed E-state index contributed by atoms with van der Waals surface area (Å²) in [5.74, 6) is 0.594. The minimum absolute atomic E-state index is 0.00642. The van der Waals surface area contributed by atoms with Crippen LogP contribution in [0.1, 0.15) is 39.0 Å². The van der Waals surface area contributed by atoms with Crippen molar-refractivity contribution in [2.45, 2.75) is 45.1 Å². The smallest absolute Gasteiger partial charge is 0.267 e. The molecule has 0 radical (unpaired) electrons. The Bertz CT molecular complexity index is 628. The van der Waals surface area contributed by atoms with Gasteiger partial charge in [-0.25, -0.2) is 0 Å². The molecule has 2 aliphatic rings. The summed E-state index contributed by atoms with van der Waals surface area (Å²) < 4.78 is 5.62. The molecule has 2 heterocycles. The Morgan fingerprint density at radius 2 is 1.96 bits per heavy atom. The lowest BCUT2D eigenvalue weighted by molar-refractivity contribution is -0.125. The largest absolute Gasteiger partial charge is 0.479 e. The Hall–Kier alpha value is -2.08. The van der Waals surface area contributed by atoms with E-state index in [1.807, 2.05) is 24.3 Å². The topological polar surface area (TPSA) is 61.9 Å². The van der Waals surface area contributed by atoms with Crippen LogP contribution < -0.4 is 15.0 Å². The van der Waals surface area contributed by atoms with Crippen molar-refractivity contribution >= 4 is 17.5 Å². The van der Waals surface area contributed by atoms with E-state index in [-0.39, 0.29) is 11.8 Å². The highest BCUT2D eigenvalue weighted by Crippen LogP contribution is 2.33. The molecule has 1 aromatic rings. The van der Waals surface area contributed by atoms with E-state index in [0.29, 0.717) is 25.3 Å². The summed E-state index contributed by atoms with van der Waals surface area (Å²) in [5, 5.41) is 2.98. The number of likely N-dealkylation sites (tertiary alicyclic amines) is 1. The average molecular weight is 359 g/mol. The fourth-order valence-electron chi connectivity index (χ4n) is 3.60. The van der Waals surface area contributed by atoms with Crippen LogP contribution in [0.5, 0.6) is 5.75 Å².